The molecular formula is C26H18ClNO2. The molecule has 2 heterocycles. The van der Waals surface area contributed by atoms with E-state index in [1.54, 1.807) is 7.11 Å². The van der Waals surface area contributed by atoms with Gasteiger partial charge in [0.05, 0.1) is 23.0 Å². The summed E-state index contributed by atoms with van der Waals surface area (Å²) in [5.74, 6) is 0.744. The number of rotatable bonds is 2. The Labute approximate surface area is 178 Å². The third-order valence-electron chi connectivity index (χ3n) is 5.79. The average molecular weight is 412 g/mol. The molecule has 0 N–H and O–H groups in total. The Morgan fingerprint density at radius 2 is 1.70 bits per heavy atom. The number of aryl methyl sites for hydroxylation is 1. The van der Waals surface area contributed by atoms with E-state index in [2.05, 4.69) is 54.0 Å². The summed E-state index contributed by atoms with van der Waals surface area (Å²) >= 11 is 6.75. The minimum atomic E-state index is 0.658. The van der Waals surface area contributed by atoms with E-state index in [-0.39, 0.29) is 0 Å². The van der Waals surface area contributed by atoms with Crippen LogP contribution in [-0.2, 0) is 0 Å². The number of methoxy groups -OCH3 is 1. The largest absolute Gasteiger partial charge is 0.496 e. The molecular weight excluding hydrogens is 394 g/mol. The van der Waals surface area contributed by atoms with Crippen LogP contribution < -0.4 is 4.74 Å². The minimum Gasteiger partial charge on any atom is -0.496 e. The summed E-state index contributed by atoms with van der Waals surface area (Å²) in [6.07, 6.45) is 0. The van der Waals surface area contributed by atoms with Crippen LogP contribution in [0.2, 0.25) is 5.02 Å². The van der Waals surface area contributed by atoms with Crippen molar-refractivity contribution in [3.05, 3.63) is 83.4 Å². The standard InChI is InChI=1S/C26H18ClNO2/c1-15-7-8-16-9-10-18(14-17(16)13-15)28-24-19-5-3-4-6-21(19)30-26(24)23-22(29-2)12-11-20(27)25(23)28/h3-14H,1-2H3. The van der Waals surface area contributed by atoms with E-state index in [0.717, 1.165) is 44.4 Å². The molecule has 0 bridgehead atoms. The van der Waals surface area contributed by atoms with Gasteiger partial charge < -0.3 is 13.7 Å². The van der Waals surface area contributed by atoms with Crippen molar-refractivity contribution < 1.29 is 9.15 Å². The molecule has 0 amide bonds. The number of benzene rings is 4. The molecule has 0 aliphatic heterocycles. The number of fused-ring (bicyclic) bond motifs is 6. The lowest BCUT2D eigenvalue weighted by Gasteiger charge is -2.11. The van der Waals surface area contributed by atoms with Gasteiger partial charge in [-0.2, -0.15) is 0 Å². The topological polar surface area (TPSA) is 27.3 Å². The number of ether oxygens (including phenoxy) is 1. The Balaban J connectivity index is 1.84. The summed E-state index contributed by atoms with van der Waals surface area (Å²) in [5.41, 5.74) is 5.79. The Hall–Kier alpha value is -3.43. The van der Waals surface area contributed by atoms with E-state index in [1.165, 1.54) is 16.3 Å². The lowest BCUT2D eigenvalue weighted by Crippen LogP contribution is -1.95. The Kier molecular flexibility index (Phi) is 3.65. The van der Waals surface area contributed by atoms with E-state index in [1.807, 2.05) is 30.3 Å². The molecule has 0 saturated heterocycles. The molecule has 30 heavy (non-hydrogen) atoms. The second kappa shape index (κ2) is 6.28. The van der Waals surface area contributed by atoms with E-state index >= 15 is 0 Å². The number of aromatic nitrogens is 1. The maximum Gasteiger partial charge on any atom is 0.165 e. The molecule has 0 aliphatic rings. The van der Waals surface area contributed by atoms with E-state index < -0.39 is 0 Å². The molecule has 4 heteroatoms. The molecule has 146 valence electrons. The van der Waals surface area contributed by atoms with Gasteiger partial charge in [-0.05, 0) is 54.1 Å². The highest BCUT2D eigenvalue weighted by Crippen LogP contribution is 2.45. The van der Waals surface area contributed by atoms with Crippen molar-refractivity contribution in [2.75, 3.05) is 7.11 Å². The van der Waals surface area contributed by atoms with Crippen LogP contribution >= 0.6 is 11.6 Å². The first-order valence-corrected chi connectivity index (χ1v) is 10.2. The Morgan fingerprint density at radius 3 is 2.57 bits per heavy atom. The van der Waals surface area contributed by atoms with Crippen LogP contribution in [-0.4, -0.2) is 11.7 Å². The second-order valence-electron chi connectivity index (χ2n) is 7.62. The number of furan rings is 1. The van der Waals surface area contributed by atoms with Crippen LogP contribution in [0.3, 0.4) is 0 Å². The van der Waals surface area contributed by atoms with Crippen LogP contribution in [0, 0.1) is 6.92 Å². The van der Waals surface area contributed by atoms with Crippen molar-refractivity contribution in [3.8, 4) is 11.4 Å². The number of halogens is 1. The Bertz CT molecular complexity index is 1610. The lowest BCUT2D eigenvalue weighted by atomic mass is 10.1. The zero-order chi connectivity index (χ0) is 20.4. The first kappa shape index (κ1) is 17.4. The quantitative estimate of drug-likeness (QED) is 0.292. The van der Waals surface area contributed by atoms with Crippen LogP contribution in [0.5, 0.6) is 5.75 Å². The molecule has 6 aromatic rings. The second-order valence-corrected chi connectivity index (χ2v) is 8.03. The molecule has 0 atom stereocenters. The van der Waals surface area contributed by atoms with Crippen LogP contribution in [0.4, 0.5) is 0 Å². The van der Waals surface area contributed by atoms with Gasteiger partial charge in [0, 0.05) is 11.1 Å². The molecule has 4 aromatic carbocycles. The number of hydrogen-bond donors (Lipinski definition) is 0. The van der Waals surface area contributed by atoms with Gasteiger partial charge in [0.2, 0.25) is 0 Å². The van der Waals surface area contributed by atoms with Gasteiger partial charge in [-0.3, -0.25) is 0 Å². The van der Waals surface area contributed by atoms with Gasteiger partial charge in [-0.25, -0.2) is 0 Å². The molecule has 0 saturated carbocycles. The normalized spacial score (nSPS) is 11.8. The molecule has 0 fully saturated rings. The zero-order valence-corrected chi connectivity index (χ0v) is 17.3. The summed E-state index contributed by atoms with van der Waals surface area (Å²) in [7, 11) is 1.67. The molecule has 0 unspecified atom stereocenters. The fourth-order valence-corrected chi connectivity index (χ4v) is 4.68. The highest BCUT2D eigenvalue weighted by molar-refractivity contribution is 6.37. The van der Waals surface area contributed by atoms with Crippen molar-refractivity contribution in [1.29, 1.82) is 0 Å². The lowest BCUT2D eigenvalue weighted by molar-refractivity contribution is 0.419. The van der Waals surface area contributed by atoms with Crippen LogP contribution in [0.15, 0.2) is 77.2 Å². The van der Waals surface area contributed by atoms with Crippen molar-refractivity contribution in [3.63, 3.8) is 0 Å². The number of para-hydroxylation sites is 1. The van der Waals surface area contributed by atoms with Crippen molar-refractivity contribution in [1.82, 2.24) is 4.57 Å². The van der Waals surface area contributed by atoms with Gasteiger partial charge in [-0.1, -0.05) is 53.6 Å². The number of hydrogen-bond acceptors (Lipinski definition) is 2. The van der Waals surface area contributed by atoms with Crippen molar-refractivity contribution in [2.24, 2.45) is 0 Å². The molecule has 0 spiro atoms. The first-order chi connectivity index (χ1) is 14.7. The van der Waals surface area contributed by atoms with Crippen LogP contribution in [0.25, 0.3) is 49.4 Å². The Morgan fingerprint density at radius 1 is 0.867 bits per heavy atom. The molecule has 6 rings (SSSR count). The zero-order valence-electron chi connectivity index (χ0n) is 16.6. The van der Waals surface area contributed by atoms with Crippen LogP contribution in [0.1, 0.15) is 5.56 Å². The van der Waals surface area contributed by atoms with E-state index in [9.17, 15) is 0 Å². The molecule has 3 nitrogen and oxygen atoms in total. The summed E-state index contributed by atoms with van der Waals surface area (Å²) in [6, 6.07) is 24.9. The highest BCUT2D eigenvalue weighted by atomic mass is 35.5. The SMILES string of the molecule is COc1ccc(Cl)c2c1c1oc3ccccc3c1n2-c1ccc2ccc(C)cc2c1. The first-order valence-electron chi connectivity index (χ1n) is 9.84. The van der Waals surface area contributed by atoms with E-state index in [4.69, 9.17) is 20.8 Å². The minimum absolute atomic E-state index is 0.658. The monoisotopic (exact) mass is 411 g/mol. The van der Waals surface area contributed by atoms with Gasteiger partial charge in [-0.15, -0.1) is 0 Å². The fourth-order valence-electron chi connectivity index (χ4n) is 4.44. The van der Waals surface area contributed by atoms with Crippen molar-refractivity contribution in [2.45, 2.75) is 6.92 Å². The predicted octanol–water partition coefficient (Wildman–Crippen LogP) is 7.65. The molecule has 0 aliphatic carbocycles. The molecule has 0 radical (unpaired) electrons. The van der Waals surface area contributed by atoms with Gasteiger partial charge in [0.25, 0.3) is 0 Å². The average Bonchev–Trinajstić information content (AvgIpc) is 3.29. The third-order valence-corrected chi connectivity index (χ3v) is 6.10. The summed E-state index contributed by atoms with van der Waals surface area (Å²) in [6.45, 7) is 2.11. The smallest absolute Gasteiger partial charge is 0.165 e. The third kappa shape index (κ3) is 2.33. The maximum atomic E-state index is 6.75. The van der Waals surface area contributed by atoms with Gasteiger partial charge in [0.15, 0.2) is 5.58 Å². The number of nitrogens with zero attached hydrogens (tertiary/aromatic N) is 1. The summed E-state index contributed by atoms with van der Waals surface area (Å²) in [5, 5.41) is 4.99. The highest BCUT2D eigenvalue weighted by Gasteiger charge is 2.23. The predicted molar refractivity (Wildman–Crippen MR) is 124 cm³/mol. The summed E-state index contributed by atoms with van der Waals surface area (Å²) < 4.78 is 14.2. The van der Waals surface area contributed by atoms with Crippen molar-refractivity contribution >= 4 is 55.3 Å². The van der Waals surface area contributed by atoms with E-state index in [0.29, 0.717) is 5.02 Å². The maximum absolute atomic E-state index is 6.75. The van der Waals surface area contributed by atoms with Gasteiger partial charge >= 0.3 is 0 Å². The summed E-state index contributed by atoms with van der Waals surface area (Å²) in [4.78, 5) is 0. The van der Waals surface area contributed by atoms with Gasteiger partial charge in [0.1, 0.15) is 16.8 Å². The molecule has 2 aromatic heterocycles. The fraction of sp³-hybridized carbons (Fsp3) is 0.0769.